The summed E-state index contributed by atoms with van der Waals surface area (Å²) in [5, 5.41) is 22.6. The van der Waals surface area contributed by atoms with E-state index in [-0.39, 0.29) is 11.4 Å². The number of hydrogen-bond donors (Lipinski definition) is 1. The van der Waals surface area contributed by atoms with Crippen LogP contribution in [0.3, 0.4) is 0 Å². The van der Waals surface area contributed by atoms with Crippen LogP contribution in [0.25, 0.3) is 0 Å². The molecule has 1 aromatic rings. The Morgan fingerprint density at radius 2 is 1.52 bits per heavy atom. The van der Waals surface area contributed by atoms with Gasteiger partial charge in [-0.15, -0.1) is 0 Å². The first-order chi connectivity index (χ1) is 10.8. The van der Waals surface area contributed by atoms with Crippen LogP contribution in [0.2, 0.25) is 0 Å². The van der Waals surface area contributed by atoms with Crippen LogP contribution < -0.4 is 9.62 Å². The second-order valence-corrected chi connectivity index (χ2v) is 5.37. The van der Waals surface area contributed by atoms with Crippen molar-refractivity contribution in [3.05, 3.63) is 32.4 Å². The second-order valence-electron chi connectivity index (χ2n) is 4.70. The second kappa shape index (κ2) is 8.39. The van der Waals surface area contributed by atoms with E-state index in [2.05, 4.69) is 0 Å². The lowest BCUT2D eigenvalue weighted by atomic mass is 10.1. The van der Waals surface area contributed by atoms with Gasteiger partial charge >= 0.3 is 11.4 Å². The molecule has 11 heteroatoms. The van der Waals surface area contributed by atoms with Gasteiger partial charge in [-0.2, -0.15) is 0 Å². The Bertz CT molecular complexity index is 583. The number of nitro groups is 2. The van der Waals surface area contributed by atoms with E-state index < -0.39 is 32.5 Å². The van der Waals surface area contributed by atoms with Gasteiger partial charge in [0.25, 0.3) is 0 Å². The molecule has 0 aromatic heterocycles. The lowest BCUT2D eigenvalue weighted by molar-refractivity contribution is -0.392. The van der Waals surface area contributed by atoms with E-state index in [1.165, 1.54) is 0 Å². The molecular formula is C12H17N4O6S-. The minimum Gasteiger partial charge on any atom is -0.755 e. The van der Waals surface area contributed by atoms with Gasteiger partial charge in [0.2, 0.25) is 0 Å². The Hall–Kier alpha value is -2.27. The minimum absolute atomic E-state index is 0.106. The van der Waals surface area contributed by atoms with Crippen LogP contribution in [0.4, 0.5) is 22.7 Å². The predicted octanol–water partition coefficient (Wildman–Crippen LogP) is 2.34. The Labute approximate surface area is 135 Å². The maximum absolute atomic E-state index is 11.3. The highest BCUT2D eigenvalue weighted by Gasteiger charge is 2.30. The van der Waals surface area contributed by atoms with Gasteiger partial charge in [-0.05, 0) is 12.8 Å². The smallest absolute Gasteiger partial charge is 0.301 e. The molecule has 1 aromatic carbocycles. The molecule has 10 nitrogen and oxygen atoms in total. The van der Waals surface area contributed by atoms with Crippen molar-refractivity contribution in [2.75, 3.05) is 22.7 Å². The zero-order valence-electron chi connectivity index (χ0n) is 12.7. The Kier molecular flexibility index (Phi) is 6.85. The molecule has 0 spiro atoms. The first-order valence-corrected chi connectivity index (χ1v) is 7.96. The quantitative estimate of drug-likeness (QED) is 0.411. The summed E-state index contributed by atoms with van der Waals surface area (Å²) in [6.45, 7) is 4.54. The molecule has 128 valence electrons. The summed E-state index contributed by atoms with van der Waals surface area (Å²) in [6, 6.07) is 1.97. The number of anilines is 2. The molecular weight excluding hydrogens is 328 g/mol. The van der Waals surface area contributed by atoms with Crippen molar-refractivity contribution in [1.82, 2.24) is 0 Å². The van der Waals surface area contributed by atoms with Crippen LogP contribution >= 0.6 is 0 Å². The SMILES string of the molecule is CCCN(CCC)c1c([N+](=O)[O-])cc(NS(=O)[O-])cc1[N+](=O)[O-]. The van der Waals surface area contributed by atoms with Gasteiger partial charge in [-0.3, -0.25) is 24.4 Å². The third-order valence-electron chi connectivity index (χ3n) is 2.97. The van der Waals surface area contributed by atoms with Crippen molar-refractivity contribution in [2.24, 2.45) is 0 Å². The molecule has 0 heterocycles. The highest BCUT2D eigenvalue weighted by molar-refractivity contribution is 7.80. The highest BCUT2D eigenvalue weighted by atomic mass is 32.2. The first kappa shape index (κ1) is 18.8. The molecule has 0 saturated heterocycles. The van der Waals surface area contributed by atoms with Crippen molar-refractivity contribution in [3.63, 3.8) is 0 Å². The zero-order valence-corrected chi connectivity index (χ0v) is 13.5. The first-order valence-electron chi connectivity index (χ1n) is 6.89. The fraction of sp³-hybridized carbons (Fsp3) is 0.500. The van der Waals surface area contributed by atoms with Crippen LogP contribution in [-0.4, -0.2) is 31.7 Å². The number of nitrogens with one attached hydrogen (secondary N) is 1. The van der Waals surface area contributed by atoms with Gasteiger partial charge in [-0.1, -0.05) is 13.8 Å². The molecule has 1 rings (SSSR count). The molecule has 0 aliphatic carbocycles. The molecule has 0 saturated carbocycles. The summed E-state index contributed by atoms with van der Waals surface area (Å²) in [4.78, 5) is 22.7. The zero-order chi connectivity index (χ0) is 17.6. The molecule has 0 amide bonds. The summed E-state index contributed by atoms with van der Waals surface area (Å²) in [6.07, 6.45) is 1.30. The molecule has 1 N–H and O–H groups in total. The van der Waals surface area contributed by atoms with Gasteiger partial charge in [0, 0.05) is 36.5 Å². The summed E-state index contributed by atoms with van der Waals surface area (Å²) < 4.78 is 23.3. The predicted molar refractivity (Wildman–Crippen MR) is 85.1 cm³/mol. The van der Waals surface area contributed by atoms with E-state index in [1.54, 1.807) is 4.90 Å². The van der Waals surface area contributed by atoms with Crippen molar-refractivity contribution < 1.29 is 18.6 Å². The van der Waals surface area contributed by atoms with Crippen LogP contribution in [0, 0.1) is 20.2 Å². The number of benzene rings is 1. The number of nitro benzene ring substituents is 2. The van der Waals surface area contributed by atoms with Crippen LogP contribution in [0.1, 0.15) is 26.7 Å². The lowest BCUT2D eigenvalue weighted by Gasteiger charge is -2.23. The monoisotopic (exact) mass is 345 g/mol. The van der Waals surface area contributed by atoms with Crippen LogP contribution in [0.5, 0.6) is 0 Å². The fourth-order valence-electron chi connectivity index (χ4n) is 2.24. The van der Waals surface area contributed by atoms with E-state index in [4.69, 9.17) is 0 Å². The third-order valence-corrected chi connectivity index (χ3v) is 3.37. The maximum atomic E-state index is 11.3. The number of nitrogens with zero attached hydrogens (tertiary/aromatic N) is 3. The Morgan fingerprint density at radius 3 is 1.83 bits per heavy atom. The lowest BCUT2D eigenvalue weighted by Crippen LogP contribution is -2.26. The van der Waals surface area contributed by atoms with E-state index >= 15 is 0 Å². The number of hydrogen-bond acceptors (Lipinski definition) is 7. The third kappa shape index (κ3) is 4.86. The highest BCUT2D eigenvalue weighted by Crippen LogP contribution is 2.40. The van der Waals surface area contributed by atoms with Crippen molar-refractivity contribution in [1.29, 1.82) is 0 Å². The van der Waals surface area contributed by atoms with Crippen LogP contribution in [0.15, 0.2) is 12.1 Å². The van der Waals surface area contributed by atoms with E-state index in [0.717, 1.165) is 12.1 Å². The molecule has 23 heavy (non-hydrogen) atoms. The summed E-state index contributed by atoms with van der Waals surface area (Å²) in [5.41, 5.74) is -1.34. The molecule has 0 aliphatic rings. The molecule has 0 aliphatic heterocycles. The van der Waals surface area contributed by atoms with Crippen molar-refractivity contribution in [2.45, 2.75) is 26.7 Å². The van der Waals surface area contributed by atoms with E-state index in [1.807, 2.05) is 18.6 Å². The van der Waals surface area contributed by atoms with Gasteiger partial charge < -0.3 is 14.2 Å². The molecule has 1 unspecified atom stereocenters. The summed E-state index contributed by atoms with van der Waals surface area (Å²) >= 11 is -2.74. The van der Waals surface area contributed by atoms with E-state index in [0.29, 0.717) is 25.9 Å². The minimum atomic E-state index is -2.74. The average Bonchev–Trinajstić information content (AvgIpc) is 2.45. The molecule has 0 fully saturated rings. The van der Waals surface area contributed by atoms with Gasteiger partial charge in [0.05, 0.1) is 15.5 Å². The van der Waals surface area contributed by atoms with Gasteiger partial charge in [0.15, 0.2) is 5.69 Å². The molecule has 0 radical (unpaired) electrons. The van der Waals surface area contributed by atoms with Crippen molar-refractivity contribution >= 4 is 34.0 Å². The van der Waals surface area contributed by atoms with Crippen molar-refractivity contribution in [3.8, 4) is 0 Å². The average molecular weight is 345 g/mol. The fourth-order valence-corrected chi connectivity index (χ4v) is 2.55. The van der Waals surface area contributed by atoms with Crippen LogP contribution in [-0.2, 0) is 11.3 Å². The Balaban J connectivity index is 3.59. The molecule has 1 atom stereocenters. The molecule has 0 bridgehead atoms. The normalized spacial score (nSPS) is 11.8. The van der Waals surface area contributed by atoms with Gasteiger partial charge in [0.1, 0.15) is 0 Å². The standard InChI is InChI=1S/C12H18N4O6S/c1-3-5-14(6-4-2)12-10(15(17)18)7-9(13-23(21)22)8-11(12)16(19)20/h7-8,13H,3-6H2,1-2H3,(H,21,22)/p-1. The summed E-state index contributed by atoms with van der Waals surface area (Å²) in [5.74, 6) is 0. The maximum Gasteiger partial charge on any atom is 0.301 e. The largest absolute Gasteiger partial charge is 0.755 e. The number of rotatable bonds is 9. The topological polar surface area (TPSA) is 142 Å². The Morgan fingerprint density at radius 1 is 1.09 bits per heavy atom. The summed E-state index contributed by atoms with van der Waals surface area (Å²) in [7, 11) is 0. The van der Waals surface area contributed by atoms with E-state index in [9.17, 15) is 29.0 Å². The van der Waals surface area contributed by atoms with Gasteiger partial charge in [-0.25, -0.2) is 0 Å².